The molecule has 34 heavy (non-hydrogen) atoms. The van der Waals surface area contributed by atoms with Crippen molar-refractivity contribution in [1.82, 2.24) is 9.80 Å². The number of methoxy groups -OCH3 is 2. The normalized spacial score (nSPS) is 23.2. The quantitative estimate of drug-likeness (QED) is 0.464. The van der Waals surface area contributed by atoms with Crippen molar-refractivity contribution in [2.45, 2.75) is 43.8 Å². The molecule has 0 aromatic heterocycles. The second-order valence-electron chi connectivity index (χ2n) is 8.81. The predicted molar refractivity (Wildman–Crippen MR) is 127 cm³/mol. The van der Waals surface area contributed by atoms with Crippen molar-refractivity contribution < 1.29 is 23.9 Å². The maximum absolute atomic E-state index is 13.6. The molecule has 3 aliphatic heterocycles. The molecule has 2 aromatic rings. The first kappa shape index (κ1) is 23.0. The van der Waals surface area contributed by atoms with Gasteiger partial charge in [-0.25, -0.2) is 0 Å². The summed E-state index contributed by atoms with van der Waals surface area (Å²) in [7, 11) is 3.18. The second-order valence-corrected chi connectivity index (χ2v) is 9.65. The Balaban J connectivity index is 1.58. The van der Waals surface area contributed by atoms with Crippen LogP contribution in [0.1, 0.15) is 46.8 Å². The standard InChI is InChI=1S/C25H24Cl2N2O5/c1-33-15-10-13-8-9-28-22(21(13)20(12-15)34-2)18-4-3-5-19(24(28)31)29(18)25(32)23(30)16-7-6-14(26)11-17(16)27/h6-7,10-12,18-19,22H,3-5,8-9H2,1-2H3. The highest BCUT2D eigenvalue weighted by atomic mass is 35.5. The van der Waals surface area contributed by atoms with Crippen molar-refractivity contribution in [3.05, 3.63) is 57.1 Å². The molecule has 178 valence electrons. The van der Waals surface area contributed by atoms with E-state index >= 15 is 0 Å². The summed E-state index contributed by atoms with van der Waals surface area (Å²) < 4.78 is 11.1. The minimum absolute atomic E-state index is 0.0791. The number of ether oxygens (including phenoxy) is 2. The van der Waals surface area contributed by atoms with Crippen molar-refractivity contribution in [3.63, 3.8) is 0 Å². The van der Waals surface area contributed by atoms with E-state index in [0.717, 1.165) is 17.5 Å². The minimum Gasteiger partial charge on any atom is -0.497 e. The van der Waals surface area contributed by atoms with Crippen molar-refractivity contribution in [2.75, 3.05) is 20.8 Å². The monoisotopic (exact) mass is 502 g/mol. The van der Waals surface area contributed by atoms with Gasteiger partial charge in [0.1, 0.15) is 17.5 Å². The lowest BCUT2D eigenvalue weighted by Crippen LogP contribution is -2.68. The number of Topliss-reactive ketones (excluding diaryl/α,β-unsaturated/α-hetero) is 1. The maximum atomic E-state index is 13.6. The van der Waals surface area contributed by atoms with Crippen molar-refractivity contribution in [2.24, 2.45) is 0 Å². The van der Waals surface area contributed by atoms with Gasteiger partial charge < -0.3 is 19.3 Å². The molecule has 3 heterocycles. The highest BCUT2D eigenvalue weighted by Crippen LogP contribution is 2.48. The number of hydrogen-bond donors (Lipinski definition) is 0. The minimum atomic E-state index is -0.738. The van der Waals surface area contributed by atoms with E-state index in [4.69, 9.17) is 32.7 Å². The first-order chi connectivity index (χ1) is 16.3. The zero-order valence-electron chi connectivity index (χ0n) is 18.8. The summed E-state index contributed by atoms with van der Waals surface area (Å²) in [5.74, 6) is -0.301. The Morgan fingerprint density at radius 1 is 1.06 bits per heavy atom. The van der Waals surface area contributed by atoms with Gasteiger partial charge in [0.2, 0.25) is 5.91 Å². The average molecular weight is 503 g/mol. The number of nitrogens with zero attached hydrogens (tertiary/aromatic N) is 2. The fraction of sp³-hybridized carbons (Fsp3) is 0.400. The molecule has 2 saturated heterocycles. The van der Waals surface area contributed by atoms with Crippen LogP contribution in [0.4, 0.5) is 0 Å². The maximum Gasteiger partial charge on any atom is 0.296 e. The second kappa shape index (κ2) is 8.78. The smallest absolute Gasteiger partial charge is 0.296 e. The summed E-state index contributed by atoms with van der Waals surface area (Å²) in [6, 6.07) is 6.75. The number of piperidine rings is 1. The molecule has 5 rings (SSSR count). The lowest BCUT2D eigenvalue weighted by atomic mass is 9.78. The van der Waals surface area contributed by atoms with E-state index in [1.165, 1.54) is 23.1 Å². The molecule has 9 heteroatoms. The summed E-state index contributed by atoms with van der Waals surface area (Å²) in [6.07, 6.45) is 2.65. The molecule has 0 N–H and O–H groups in total. The third kappa shape index (κ3) is 3.53. The van der Waals surface area contributed by atoms with E-state index in [1.807, 2.05) is 11.0 Å². The number of benzene rings is 2. The van der Waals surface area contributed by atoms with E-state index in [9.17, 15) is 14.4 Å². The van der Waals surface area contributed by atoms with Crippen LogP contribution in [-0.2, 0) is 16.0 Å². The molecule has 0 aliphatic carbocycles. The van der Waals surface area contributed by atoms with E-state index in [2.05, 4.69) is 0 Å². The fourth-order valence-corrected chi connectivity index (χ4v) is 6.13. The summed E-state index contributed by atoms with van der Waals surface area (Å²) in [4.78, 5) is 43.8. The molecule has 0 radical (unpaired) electrons. The third-order valence-corrected chi connectivity index (χ3v) is 7.67. The van der Waals surface area contributed by atoms with Crippen LogP contribution in [0.3, 0.4) is 0 Å². The molecular weight excluding hydrogens is 479 g/mol. The number of carbonyl (C=O) groups is 3. The van der Waals surface area contributed by atoms with Gasteiger partial charge in [0.25, 0.3) is 11.7 Å². The molecule has 2 amide bonds. The van der Waals surface area contributed by atoms with E-state index in [1.54, 1.807) is 20.3 Å². The van der Waals surface area contributed by atoms with Gasteiger partial charge in [0, 0.05) is 28.8 Å². The number of halogens is 2. The van der Waals surface area contributed by atoms with Crippen LogP contribution in [0, 0.1) is 0 Å². The Hall–Kier alpha value is -2.77. The number of carbonyl (C=O) groups excluding carboxylic acids is 3. The van der Waals surface area contributed by atoms with Gasteiger partial charge >= 0.3 is 0 Å². The Bertz CT molecular complexity index is 1180. The van der Waals surface area contributed by atoms with Gasteiger partial charge in [-0.2, -0.15) is 0 Å². The number of amides is 2. The molecule has 3 unspecified atom stereocenters. The summed E-state index contributed by atoms with van der Waals surface area (Å²) in [5.41, 5.74) is 1.98. The lowest BCUT2D eigenvalue weighted by Gasteiger charge is -2.55. The fourth-order valence-electron chi connectivity index (χ4n) is 5.64. The molecule has 3 aliphatic rings. The zero-order chi connectivity index (χ0) is 24.1. The third-order valence-electron chi connectivity index (χ3n) is 7.12. The van der Waals surface area contributed by atoms with Gasteiger partial charge in [-0.3, -0.25) is 14.4 Å². The van der Waals surface area contributed by atoms with Crippen molar-refractivity contribution in [1.29, 1.82) is 0 Å². The van der Waals surface area contributed by atoms with Gasteiger partial charge in [0.15, 0.2) is 0 Å². The topological polar surface area (TPSA) is 76.2 Å². The largest absolute Gasteiger partial charge is 0.497 e. The van der Waals surface area contributed by atoms with Crippen LogP contribution >= 0.6 is 23.2 Å². The summed E-state index contributed by atoms with van der Waals surface area (Å²) >= 11 is 12.2. The van der Waals surface area contributed by atoms with Crippen LogP contribution in [0.2, 0.25) is 10.0 Å². The van der Waals surface area contributed by atoms with Crippen LogP contribution < -0.4 is 9.47 Å². The molecule has 0 spiro atoms. The molecule has 0 saturated carbocycles. The van der Waals surface area contributed by atoms with Gasteiger partial charge in [0.05, 0.1) is 31.3 Å². The molecule has 2 bridgehead atoms. The Morgan fingerprint density at radius 3 is 2.56 bits per heavy atom. The molecular formula is C25H24Cl2N2O5. The van der Waals surface area contributed by atoms with Crippen LogP contribution in [0.25, 0.3) is 0 Å². The van der Waals surface area contributed by atoms with E-state index in [-0.39, 0.29) is 22.5 Å². The highest BCUT2D eigenvalue weighted by molar-refractivity contribution is 6.47. The zero-order valence-corrected chi connectivity index (χ0v) is 20.4. The molecule has 3 atom stereocenters. The molecule has 2 aromatic carbocycles. The average Bonchev–Trinajstić information content (AvgIpc) is 2.84. The molecule has 7 nitrogen and oxygen atoms in total. The van der Waals surface area contributed by atoms with Gasteiger partial charge in [-0.05, 0) is 55.5 Å². The van der Waals surface area contributed by atoms with Crippen molar-refractivity contribution >= 4 is 40.8 Å². The number of rotatable bonds is 4. The SMILES string of the molecule is COc1cc2c(c(OC)c1)C1C3CCCC(C(=O)N1CC2)N3C(=O)C(=O)c1ccc(Cl)cc1Cl. The summed E-state index contributed by atoms with van der Waals surface area (Å²) in [6.45, 7) is 0.540. The summed E-state index contributed by atoms with van der Waals surface area (Å²) in [5, 5.41) is 0.480. The Morgan fingerprint density at radius 2 is 1.85 bits per heavy atom. The van der Waals surface area contributed by atoms with Crippen LogP contribution in [-0.4, -0.2) is 60.2 Å². The molecule has 2 fully saturated rings. The van der Waals surface area contributed by atoms with E-state index < -0.39 is 23.8 Å². The number of hydrogen-bond acceptors (Lipinski definition) is 5. The Labute approximate surface area is 207 Å². The number of ketones is 1. The first-order valence-electron chi connectivity index (χ1n) is 11.2. The van der Waals surface area contributed by atoms with Crippen LogP contribution in [0.15, 0.2) is 30.3 Å². The number of fused-ring (bicyclic) bond motifs is 6. The number of piperazine rings is 1. The van der Waals surface area contributed by atoms with E-state index in [0.29, 0.717) is 42.3 Å². The lowest BCUT2D eigenvalue weighted by molar-refractivity contribution is -0.164. The van der Waals surface area contributed by atoms with Gasteiger partial charge in [-0.15, -0.1) is 0 Å². The van der Waals surface area contributed by atoms with Crippen LogP contribution in [0.5, 0.6) is 11.5 Å². The highest BCUT2D eigenvalue weighted by Gasteiger charge is 2.54. The van der Waals surface area contributed by atoms with Crippen molar-refractivity contribution in [3.8, 4) is 11.5 Å². The predicted octanol–water partition coefficient (Wildman–Crippen LogP) is 4.08. The van der Waals surface area contributed by atoms with Gasteiger partial charge in [-0.1, -0.05) is 23.2 Å². The Kier molecular flexibility index (Phi) is 5.94. The first-order valence-corrected chi connectivity index (χ1v) is 12.0.